The van der Waals surface area contributed by atoms with Crippen LogP contribution in [-0.4, -0.2) is 68.9 Å². The molecule has 0 aliphatic carbocycles. The Hall–Kier alpha value is -1.86. The van der Waals surface area contributed by atoms with Gasteiger partial charge in [-0.1, -0.05) is 12.5 Å². The third-order valence-electron chi connectivity index (χ3n) is 4.87. The highest BCUT2D eigenvalue weighted by Gasteiger charge is 2.17. The van der Waals surface area contributed by atoms with E-state index in [0.29, 0.717) is 25.6 Å². The summed E-state index contributed by atoms with van der Waals surface area (Å²) in [6.45, 7) is 7.40. The number of methoxy groups -OCH3 is 1. The van der Waals surface area contributed by atoms with Gasteiger partial charge in [-0.25, -0.2) is 4.98 Å². The molecule has 0 radical (unpaired) electrons. The number of aliphatic imine (C=N–C) groups is 1. The maximum absolute atomic E-state index is 5.47. The van der Waals surface area contributed by atoms with E-state index in [2.05, 4.69) is 32.4 Å². The number of rotatable bonds is 10. The van der Waals surface area contributed by atoms with Crippen molar-refractivity contribution >= 4 is 5.96 Å². The van der Waals surface area contributed by atoms with E-state index in [1.807, 2.05) is 18.3 Å². The van der Waals surface area contributed by atoms with Crippen molar-refractivity contribution < 1.29 is 9.47 Å². The summed E-state index contributed by atoms with van der Waals surface area (Å²) in [4.78, 5) is 11.2. The Kier molecular flexibility index (Phi) is 9.94. The summed E-state index contributed by atoms with van der Waals surface area (Å²) in [5.41, 5.74) is 1.08. The van der Waals surface area contributed by atoms with Gasteiger partial charge < -0.3 is 25.0 Å². The third kappa shape index (κ3) is 8.13. The van der Waals surface area contributed by atoms with Crippen molar-refractivity contribution in [3.63, 3.8) is 0 Å². The first kappa shape index (κ1) is 21.4. The van der Waals surface area contributed by atoms with E-state index in [1.165, 1.54) is 25.8 Å². The van der Waals surface area contributed by atoms with Crippen LogP contribution < -0.4 is 15.4 Å². The van der Waals surface area contributed by atoms with Crippen LogP contribution in [0.5, 0.6) is 5.88 Å². The van der Waals surface area contributed by atoms with Crippen molar-refractivity contribution in [3.8, 4) is 5.88 Å². The zero-order valence-corrected chi connectivity index (χ0v) is 17.0. The Balaban J connectivity index is 1.63. The molecule has 1 aromatic rings. The highest BCUT2D eigenvalue weighted by molar-refractivity contribution is 5.79. The molecule has 1 atom stereocenters. The normalized spacial score (nSPS) is 18.3. The van der Waals surface area contributed by atoms with Crippen LogP contribution in [-0.2, 0) is 11.3 Å². The maximum atomic E-state index is 5.47. The van der Waals surface area contributed by atoms with E-state index < -0.39 is 0 Å². The van der Waals surface area contributed by atoms with Gasteiger partial charge in [0.1, 0.15) is 6.61 Å². The van der Waals surface area contributed by atoms with Crippen LogP contribution >= 0.6 is 0 Å². The monoisotopic (exact) mass is 377 g/mol. The van der Waals surface area contributed by atoms with Crippen LogP contribution in [0.25, 0.3) is 0 Å². The van der Waals surface area contributed by atoms with Gasteiger partial charge in [0.25, 0.3) is 0 Å². The van der Waals surface area contributed by atoms with Crippen molar-refractivity contribution in [2.75, 3.05) is 47.0 Å². The Labute approximate surface area is 163 Å². The highest BCUT2D eigenvalue weighted by atomic mass is 16.5. The molecule has 0 amide bonds. The predicted octanol–water partition coefficient (Wildman–Crippen LogP) is 2.04. The number of nitrogens with one attached hydrogen (secondary N) is 2. The quantitative estimate of drug-likeness (QED) is 0.369. The fourth-order valence-corrected chi connectivity index (χ4v) is 3.22. The number of piperidine rings is 1. The summed E-state index contributed by atoms with van der Waals surface area (Å²) < 4.78 is 10.4. The molecule has 1 unspecified atom stereocenters. The van der Waals surface area contributed by atoms with Gasteiger partial charge in [-0.05, 0) is 38.3 Å². The molecule has 0 bridgehead atoms. The fraction of sp³-hybridized carbons (Fsp3) is 0.700. The molecule has 1 aromatic heterocycles. The van der Waals surface area contributed by atoms with E-state index in [1.54, 1.807) is 14.2 Å². The Morgan fingerprint density at radius 1 is 1.30 bits per heavy atom. The predicted molar refractivity (Wildman–Crippen MR) is 109 cm³/mol. The zero-order valence-electron chi connectivity index (χ0n) is 17.0. The average Bonchev–Trinajstić information content (AvgIpc) is 2.70. The lowest BCUT2D eigenvalue weighted by Crippen LogP contribution is -2.41. The number of guanidine groups is 1. The lowest BCUT2D eigenvalue weighted by atomic mass is 10.0. The van der Waals surface area contributed by atoms with Crippen molar-refractivity contribution in [3.05, 3.63) is 23.9 Å². The number of aromatic nitrogens is 1. The van der Waals surface area contributed by atoms with Crippen LogP contribution in [0.2, 0.25) is 0 Å². The molecular weight excluding hydrogens is 342 g/mol. The minimum Gasteiger partial charge on any atom is -0.475 e. The van der Waals surface area contributed by atoms with Gasteiger partial charge >= 0.3 is 0 Å². The summed E-state index contributed by atoms with van der Waals surface area (Å²) in [6, 6.07) is 4.61. The molecule has 7 heteroatoms. The molecule has 1 aliphatic rings. The molecule has 2 heterocycles. The highest BCUT2D eigenvalue weighted by Crippen LogP contribution is 2.16. The molecule has 27 heavy (non-hydrogen) atoms. The van der Waals surface area contributed by atoms with Crippen molar-refractivity contribution in [2.24, 2.45) is 4.99 Å². The smallest absolute Gasteiger partial charge is 0.213 e. The Morgan fingerprint density at radius 2 is 2.19 bits per heavy atom. The van der Waals surface area contributed by atoms with Gasteiger partial charge in [0, 0.05) is 52.1 Å². The summed E-state index contributed by atoms with van der Waals surface area (Å²) in [5, 5.41) is 6.72. The molecule has 1 fully saturated rings. The van der Waals surface area contributed by atoms with E-state index in [-0.39, 0.29) is 0 Å². The Morgan fingerprint density at radius 3 is 2.89 bits per heavy atom. The minimum absolute atomic E-state index is 0.508. The first-order valence-electron chi connectivity index (χ1n) is 9.98. The van der Waals surface area contributed by atoms with Gasteiger partial charge in [0.05, 0.1) is 6.61 Å². The second-order valence-electron chi connectivity index (χ2n) is 6.93. The molecule has 1 saturated heterocycles. The summed E-state index contributed by atoms with van der Waals surface area (Å²) in [6.07, 6.45) is 6.99. The number of nitrogens with zero attached hydrogens (tertiary/aromatic N) is 3. The third-order valence-corrected chi connectivity index (χ3v) is 4.87. The van der Waals surface area contributed by atoms with Crippen molar-refractivity contribution in [1.82, 2.24) is 20.5 Å². The molecule has 0 saturated carbocycles. The average molecular weight is 378 g/mol. The van der Waals surface area contributed by atoms with Crippen LogP contribution in [0, 0.1) is 0 Å². The topological polar surface area (TPSA) is 71.0 Å². The number of pyridine rings is 1. The van der Waals surface area contributed by atoms with E-state index in [0.717, 1.165) is 37.1 Å². The van der Waals surface area contributed by atoms with Gasteiger partial charge in [-0.15, -0.1) is 0 Å². The molecule has 2 rings (SSSR count). The molecule has 0 spiro atoms. The summed E-state index contributed by atoms with van der Waals surface area (Å²) >= 11 is 0. The maximum Gasteiger partial charge on any atom is 0.213 e. The number of ether oxygens (including phenoxy) is 2. The lowest BCUT2D eigenvalue weighted by molar-refractivity contribution is 0.143. The lowest BCUT2D eigenvalue weighted by Gasteiger charge is -2.33. The van der Waals surface area contributed by atoms with E-state index in [9.17, 15) is 0 Å². The molecule has 152 valence electrons. The molecule has 7 nitrogen and oxygen atoms in total. The van der Waals surface area contributed by atoms with Gasteiger partial charge in [-0.3, -0.25) is 4.99 Å². The van der Waals surface area contributed by atoms with Crippen LogP contribution in [0.1, 0.15) is 38.2 Å². The van der Waals surface area contributed by atoms with Gasteiger partial charge in [0.2, 0.25) is 5.88 Å². The standard InChI is InChI=1S/C20H35N5O2/c1-17-7-4-5-11-25(17)12-6-10-22-20(21-2)24-16-18-8-9-19(23-15-18)27-14-13-26-3/h8-9,15,17H,4-7,10-14,16H2,1-3H3,(H2,21,22,24). The Bertz CT molecular complexity index is 550. The summed E-state index contributed by atoms with van der Waals surface area (Å²) in [7, 11) is 3.45. The molecule has 1 aliphatic heterocycles. The summed E-state index contributed by atoms with van der Waals surface area (Å²) in [5.74, 6) is 1.44. The number of hydrogen-bond donors (Lipinski definition) is 2. The number of likely N-dealkylation sites (tertiary alicyclic amines) is 1. The van der Waals surface area contributed by atoms with Crippen LogP contribution in [0.15, 0.2) is 23.3 Å². The number of hydrogen-bond acceptors (Lipinski definition) is 5. The van der Waals surface area contributed by atoms with Crippen LogP contribution in [0.4, 0.5) is 0 Å². The molecular formula is C20H35N5O2. The second kappa shape index (κ2) is 12.5. The van der Waals surface area contributed by atoms with E-state index >= 15 is 0 Å². The van der Waals surface area contributed by atoms with Gasteiger partial charge in [-0.2, -0.15) is 0 Å². The van der Waals surface area contributed by atoms with Crippen LogP contribution in [0.3, 0.4) is 0 Å². The van der Waals surface area contributed by atoms with Gasteiger partial charge in [0.15, 0.2) is 5.96 Å². The molecule has 0 aromatic carbocycles. The van der Waals surface area contributed by atoms with Crippen molar-refractivity contribution in [1.29, 1.82) is 0 Å². The molecule has 2 N–H and O–H groups in total. The fourth-order valence-electron chi connectivity index (χ4n) is 3.22. The largest absolute Gasteiger partial charge is 0.475 e. The van der Waals surface area contributed by atoms with E-state index in [4.69, 9.17) is 9.47 Å². The minimum atomic E-state index is 0.508. The first-order chi connectivity index (χ1) is 13.2. The zero-order chi connectivity index (χ0) is 19.3. The SMILES string of the molecule is CN=C(NCCCN1CCCCC1C)NCc1ccc(OCCOC)nc1. The second-order valence-corrected chi connectivity index (χ2v) is 6.93. The van der Waals surface area contributed by atoms with Crippen molar-refractivity contribution in [2.45, 2.75) is 45.2 Å². The first-order valence-corrected chi connectivity index (χ1v) is 9.98.